The number of rotatable bonds is 5. The topological polar surface area (TPSA) is 59.4 Å². The number of aromatic nitrogens is 2. The maximum atomic E-state index is 12.2. The molecule has 1 aromatic heterocycles. The number of para-hydroxylation sites is 1. The molecule has 0 aliphatic heterocycles. The van der Waals surface area contributed by atoms with Crippen LogP contribution in [0.2, 0.25) is 0 Å². The summed E-state index contributed by atoms with van der Waals surface area (Å²) in [5.74, 6) is 0. The van der Waals surface area contributed by atoms with Gasteiger partial charge in [0.05, 0.1) is 29.4 Å². The first kappa shape index (κ1) is 16.0. The summed E-state index contributed by atoms with van der Waals surface area (Å²) in [7, 11) is 3.35. The van der Waals surface area contributed by atoms with Crippen LogP contribution < -0.4 is 5.32 Å². The van der Waals surface area contributed by atoms with Crippen LogP contribution in [-0.4, -0.2) is 48.0 Å². The lowest BCUT2D eigenvalue weighted by molar-refractivity contribution is 0.165. The van der Waals surface area contributed by atoms with Gasteiger partial charge in [0.2, 0.25) is 0 Å². The van der Waals surface area contributed by atoms with E-state index in [4.69, 9.17) is 4.74 Å². The molecule has 0 saturated carbocycles. The number of carbonyl (C=O) groups excluding carboxylic acids is 1. The van der Waals surface area contributed by atoms with Crippen molar-refractivity contribution in [2.45, 2.75) is 13.8 Å². The van der Waals surface area contributed by atoms with Gasteiger partial charge in [-0.1, -0.05) is 18.2 Å². The standard InChI is InChI=1S/C16H22N4O2/c1-12-15(17-16(21)19(3)10-11-22-4)13(2)20(18-12)14-8-6-5-7-9-14/h5-9H,10-11H2,1-4H3,(H,17,21). The predicted octanol–water partition coefficient (Wildman–Crippen LogP) is 2.60. The first-order chi connectivity index (χ1) is 10.5. The Balaban J connectivity index is 2.19. The van der Waals surface area contributed by atoms with E-state index < -0.39 is 0 Å². The lowest BCUT2D eigenvalue weighted by Crippen LogP contribution is -2.34. The number of nitrogens with zero attached hydrogens (tertiary/aromatic N) is 3. The van der Waals surface area contributed by atoms with E-state index in [9.17, 15) is 4.79 Å². The second-order valence-electron chi connectivity index (χ2n) is 5.14. The predicted molar refractivity (Wildman–Crippen MR) is 86.6 cm³/mol. The van der Waals surface area contributed by atoms with Gasteiger partial charge >= 0.3 is 6.03 Å². The number of urea groups is 1. The molecule has 1 N–H and O–H groups in total. The number of carbonyl (C=O) groups is 1. The second-order valence-corrected chi connectivity index (χ2v) is 5.14. The Hall–Kier alpha value is -2.34. The molecule has 0 spiro atoms. The summed E-state index contributed by atoms with van der Waals surface area (Å²) >= 11 is 0. The van der Waals surface area contributed by atoms with Crippen molar-refractivity contribution < 1.29 is 9.53 Å². The third-order valence-corrected chi connectivity index (χ3v) is 3.50. The molecule has 1 heterocycles. The Bertz CT molecular complexity index is 637. The van der Waals surface area contributed by atoms with Gasteiger partial charge in [-0.05, 0) is 26.0 Å². The lowest BCUT2D eigenvalue weighted by Gasteiger charge is -2.17. The SMILES string of the molecule is COCCN(C)C(=O)Nc1c(C)nn(-c2ccccc2)c1C. The lowest BCUT2D eigenvalue weighted by atomic mass is 10.3. The van der Waals surface area contributed by atoms with E-state index >= 15 is 0 Å². The summed E-state index contributed by atoms with van der Waals surface area (Å²) in [6, 6.07) is 9.68. The smallest absolute Gasteiger partial charge is 0.321 e. The molecule has 0 aliphatic carbocycles. The molecule has 0 atom stereocenters. The zero-order valence-corrected chi connectivity index (χ0v) is 13.5. The summed E-state index contributed by atoms with van der Waals surface area (Å²) in [4.78, 5) is 13.8. The van der Waals surface area contributed by atoms with E-state index in [1.165, 1.54) is 0 Å². The van der Waals surface area contributed by atoms with Crippen molar-refractivity contribution in [3.05, 3.63) is 41.7 Å². The summed E-state index contributed by atoms with van der Waals surface area (Å²) in [6.45, 7) is 4.87. The number of aryl methyl sites for hydroxylation is 1. The third-order valence-electron chi connectivity index (χ3n) is 3.50. The van der Waals surface area contributed by atoms with Crippen LogP contribution in [0.1, 0.15) is 11.4 Å². The van der Waals surface area contributed by atoms with Gasteiger partial charge in [-0.3, -0.25) is 0 Å². The zero-order chi connectivity index (χ0) is 16.1. The maximum absolute atomic E-state index is 12.2. The van der Waals surface area contributed by atoms with Crippen LogP contribution in [0.3, 0.4) is 0 Å². The van der Waals surface area contributed by atoms with E-state index in [-0.39, 0.29) is 6.03 Å². The number of likely N-dealkylation sites (N-methyl/N-ethyl adjacent to an activating group) is 1. The average Bonchev–Trinajstić information content (AvgIpc) is 2.81. The Morgan fingerprint density at radius 3 is 2.64 bits per heavy atom. The molecule has 22 heavy (non-hydrogen) atoms. The van der Waals surface area contributed by atoms with Crippen molar-refractivity contribution in [1.82, 2.24) is 14.7 Å². The van der Waals surface area contributed by atoms with Gasteiger partial charge in [0.15, 0.2) is 0 Å². The van der Waals surface area contributed by atoms with Crippen LogP contribution in [0.25, 0.3) is 5.69 Å². The van der Waals surface area contributed by atoms with E-state index in [1.807, 2.05) is 48.9 Å². The molecule has 6 heteroatoms. The molecular weight excluding hydrogens is 280 g/mol. The molecule has 0 bridgehead atoms. The number of hydrogen-bond donors (Lipinski definition) is 1. The highest BCUT2D eigenvalue weighted by atomic mass is 16.5. The molecule has 0 radical (unpaired) electrons. The molecule has 0 fully saturated rings. The van der Waals surface area contributed by atoms with Crippen molar-refractivity contribution in [3.8, 4) is 5.69 Å². The van der Waals surface area contributed by atoms with Crippen LogP contribution in [0.4, 0.5) is 10.5 Å². The van der Waals surface area contributed by atoms with E-state index in [0.29, 0.717) is 13.2 Å². The van der Waals surface area contributed by atoms with Crippen LogP contribution in [-0.2, 0) is 4.74 Å². The molecule has 6 nitrogen and oxygen atoms in total. The molecule has 118 valence electrons. The molecule has 1 aromatic carbocycles. The number of benzene rings is 1. The van der Waals surface area contributed by atoms with Crippen LogP contribution in [0, 0.1) is 13.8 Å². The Kier molecular flexibility index (Phi) is 5.16. The highest BCUT2D eigenvalue weighted by Crippen LogP contribution is 2.22. The Labute approximate surface area is 130 Å². The number of hydrogen-bond acceptors (Lipinski definition) is 3. The molecule has 0 aliphatic rings. The minimum absolute atomic E-state index is 0.170. The first-order valence-electron chi connectivity index (χ1n) is 7.17. The van der Waals surface area contributed by atoms with Gasteiger partial charge in [-0.15, -0.1) is 0 Å². The van der Waals surface area contributed by atoms with Crippen molar-refractivity contribution >= 4 is 11.7 Å². The Morgan fingerprint density at radius 1 is 1.32 bits per heavy atom. The summed E-state index contributed by atoms with van der Waals surface area (Å²) in [5.41, 5.74) is 3.40. The van der Waals surface area contributed by atoms with Gasteiger partial charge in [-0.25, -0.2) is 9.48 Å². The summed E-state index contributed by atoms with van der Waals surface area (Å²) < 4.78 is 6.82. The van der Waals surface area contributed by atoms with Gasteiger partial charge < -0.3 is 15.0 Å². The van der Waals surface area contributed by atoms with E-state index in [1.54, 1.807) is 19.1 Å². The van der Waals surface area contributed by atoms with Crippen molar-refractivity contribution in [1.29, 1.82) is 0 Å². The molecular formula is C16H22N4O2. The number of methoxy groups -OCH3 is 1. The van der Waals surface area contributed by atoms with Crippen LogP contribution >= 0.6 is 0 Å². The van der Waals surface area contributed by atoms with Crippen LogP contribution in [0.15, 0.2) is 30.3 Å². The minimum atomic E-state index is -0.170. The zero-order valence-electron chi connectivity index (χ0n) is 13.5. The molecule has 0 saturated heterocycles. The van der Waals surface area contributed by atoms with E-state index in [2.05, 4.69) is 10.4 Å². The molecule has 0 unspecified atom stereocenters. The van der Waals surface area contributed by atoms with Gasteiger partial charge in [-0.2, -0.15) is 5.10 Å². The van der Waals surface area contributed by atoms with Gasteiger partial charge in [0.1, 0.15) is 0 Å². The quantitative estimate of drug-likeness (QED) is 0.923. The number of nitrogens with one attached hydrogen (secondary N) is 1. The third kappa shape index (κ3) is 3.46. The largest absolute Gasteiger partial charge is 0.383 e. The fourth-order valence-corrected chi connectivity index (χ4v) is 2.18. The highest BCUT2D eigenvalue weighted by molar-refractivity contribution is 5.90. The highest BCUT2D eigenvalue weighted by Gasteiger charge is 2.16. The maximum Gasteiger partial charge on any atom is 0.321 e. The number of anilines is 1. The normalized spacial score (nSPS) is 10.5. The van der Waals surface area contributed by atoms with E-state index in [0.717, 1.165) is 22.8 Å². The van der Waals surface area contributed by atoms with Crippen molar-refractivity contribution in [2.24, 2.45) is 0 Å². The summed E-state index contributed by atoms with van der Waals surface area (Å²) in [6.07, 6.45) is 0. The minimum Gasteiger partial charge on any atom is -0.383 e. The fourth-order valence-electron chi connectivity index (χ4n) is 2.18. The summed E-state index contributed by atoms with van der Waals surface area (Å²) in [5, 5.41) is 7.44. The van der Waals surface area contributed by atoms with Gasteiger partial charge in [0.25, 0.3) is 0 Å². The molecule has 2 amide bonds. The van der Waals surface area contributed by atoms with Crippen molar-refractivity contribution in [3.63, 3.8) is 0 Å². The second kappa shape index (κ2) is 7.09. The molecule has 2 rings (SSSR count). The Morgan fingerprint density at radius 2 is 2.00 bits per heavy atom. The molecule has 2 aromatic rings. The fraction of sp³-hybridized carbons (Fsp3) is 0.375. The van der Waals surface area contributed by atoms with Crippen LogP contribution in [0.5, 0.6) is 0 Å². The number of ether oxygens (including phenoxy) is 1. The number of amides is 2. The van der Waals surface area contributed by atoms with Gasteiger partial charge in [0, 0.05) is 20.7 Å². The first-order valence-corrected chi connectivity index (χ1v) is 7.17. The average molecular weight is 302 g/mol. The monoisotopic (exact) mass is 302 g/mol. The van der Waals surface area contributed by atoms with Crippen molar-refractivity contribution in [2.75, 3.05) is 32.6 Å².